The van der Waals surface area contributed by atoms with Gasteiger partial charge >= 0.3 is 17.9 Å². The molecule has 1 aliphatic carbocycles. The van der Waals surface area contributed by atoms with Crippen molar-refractivity contribution >= 4 is 27.4 Å². The van der Waals surface area contributed by atoms with Crippen molar-refractivity contribution in [3.63, 3.8) is 0 Å². The molecule has 3 heterocycles. The number of aromatic nitrogens is 2. The van der Waals surface area contributed by atoms with Crippen LogP contribution in [-0.4, -0.2) is 92.1 Å². The van der Waals surface area contributed by atoms with Crippen molar-refractivity contribution in [1.29, 1.82) is 0 Å². The summed E-state index contributed by atoms with van der Waals surface area (Å²) in [7, 11) is -2.32. The number of rotatable bonds is 7. The molecular formula is C24H25F5N4O7S. The van der Waals surface area contributed by atoms with Gasteiger partial charge in [0.15, 0.2) is 21.8 Å². The summed E-state index contributed by atoms with van der Waals surface area (Å²) in [5.74, 6) is -9.51. The molecule has 2 bridgehead atoms. The zero-order chi connectivity index (χ0) is 29.7. The maximum atomic E-state index is 14.6. The van der Waals surface area contributed by atoms with Gasteiger partial charge in [0.1, 0.15) is 18.2 Å². The monoisotopic (exact) mass is 608 g/mol. The molecule has 1 aromatic heterocycles. The first-order chi connectivity index (χ1) is 19.2. The van der Waals surface area contributed by atoms with E-state index in [1.807, 2.05) is 0 Å². The molecule has 3 atom stereocenters. The first kappa shape index (κ1) is 29.0. The number of fused-ring (bicyclic) bond motifs is 2. The van der Waals surface area contributed by atoms with Gasteiger partial charge in [-0.3, -0.25) is 4.90 Å². The van der Waals surface area contributed by atoms with Crippen molar-refractivity contribution < 1.29 is 54.1 Å². The molecule has 1 saturated carbocycles. The number of ether oxygens (including phenoxy) is 4. The summed E-state index contributed by atoms with van der Waals surface area (Å²) in [5, 5.41) is 2.72. The zero-order valence-corrected chi connectivity index (χ0v) is 22.5. The predicted octanol–water partition coefficient (Wildman–Crippen LogP) is 3.56. The minimum atomic E-state index is -4.44. The number of amides is 1. The van der Waals surface area contributed by atoms with E-state index < -0.39 is 64.3 Å². The van der Waals surface area contributed by atoms with Crippen molar-refractivity contribution in [2.75, 3.05) is 31.9 Å². The highest BCUT2D eigenvalue weighted by molar-refractivity contribution is 7.90. The van der Waals surface area contributed by atoms with Crippen LogP contribution in [0.3, 0.4) is 0 Å². The quantitative estimate of drug-likeness (QED) is 0.466. The molecule has 2 aliphatic heterocycles. The molecule has 0 spiro atoms. The van der Waals surface area contributed by atoms with E-state index in [2.05, 4.69) is 15.3 Å². The number of carbonyl (C=O) groups is 1. The minimum Gasteiger partial charge on any atom is -0.489 e. The Labute approximate surface area is 230 Å². The maximum absolute atomic E-state index is 14.6. The second-order valence-electron chi connectivity index (χ2n) is 9.97. The average Bonchev–Trinajstić information content (AvgIpc) is 2.88. The van der Waals surface area contributed by atoms with Gasteiger partial charge in [-0.05, 0) is 18.2 Å². The third kappa shape index (κ3) is 5.43. The van der Waals surface area contributed by atoms with Gasteiger partial charge in [-0.15, -0.1) is 0 Å². The SMILES string of the molecule is COc1c(Nc2ccc(S(C)(=O)=O)cc2F)ncnc1OC1CC2COCC(C1)N2C(=O)OC1CC(F)(F)C1(F)F. The first-order valence-corrected chi connectivity index (χ1v) is 14.2. The fraction of sp³-hybridized carbons (Fsp3) is 0.542. The van der Waals surface area contributed by atoms with E-state index in [1.54, 1.807) is 0 Å². The molecule has 1 aromatic carbocycles. The lowest BCUT2D eigenvalue weighted by molar-refractivity contribution is -0.331. The fourth-order valence-corrected chi connectivity index (χ4v) is 5.62. The van der Waals surface area contributed by atoms with E-state index in [0.717, 1.165) is 18.6 Å². The Balaban J connectivity index is 1.28. The summed E-state index contributed by atoms with van der Waals surface area (Å²) in [6.07, 6.45) is -2.74. The predicted molar refractivity (Wildman–Crippen MR) is 130 cm³/mol. The molecular weight excluding hydrogens is 583 g/mol. The molecule has 17 heteroatoms. The van der Waals surface area contributed by atoms with Gasteiger partial charge in [0.2, 0.25) is 5.75 Å². The minimum absolute atomic E-state index is 0.00970. The Bertz CT molecular complexity index is 1430. The second-order valence-corrected chi connectivity index (χ2v) is 12.0. The summed E-state index contributed by atoms with van der Waals surface area (Å²) in [6, 6.07) is 2.01. The van der Waals surface area contributed by atoms with Crippen LogP contribution in [0.15, 0.2) is 29.4 Å². The molecule has 5 rings (SSSR count). The van der Waals surface area contributed by atoms with Gasteiger partial charge in [0.25, 0.3) is 5.88 Å². The van der Waals surface area contributed by atoms with Crippen LogP contribution in [-0.2, 0) is 19.3 Å². The van der Waals surface area contributed by atoms with E-state index in [1.165, 1.54) is 24.1 Å². The van der Waals surface area contributed by atoms with Crippen LogP contribution in [0.2, 0.25) is 0 Å². The van der Waals surface area contributed by atoms with Crippen molar-refractivity contribution in [3.8, 4) is 11.6 Å². The molecule has 2 aromatic rings. The van der Waals surface area contributed by atoms with Crippen molar-refractivity contribution in [2.24, 2.45) is 0 Å². The van der Waals surface area contributed by atoms with Gasteiger partial charge in [-0.25, -0.2) is 22.6 Å². The number of alkyl halides is 4. The molecule has 0 radical (unpaired) electrons. The Morgan fingerprint density at radius 3 is 2.39 bits per heavy atom. The summed E-state index contributed by atoms with van der Waals surface area (Å²) in [6.45, 7) is 0.0816. The fourth-order valence-electron chi connectivity index (χ4n) is 4.99. The lowest BCUT2D eigenvalue weighted by Crippen LogP contribution is -2.66. The van der Waals surface area contributed by atoms with E-state index >= 15 is 0 Å². The molecule has 1 N–H and O–H groups in total. The number of hydrogen-bond acceptors (Lipinski definition) is 10. The molecule has 224 valence electrons. The van der Waals surface area contributed by atoms with Gasteiger partial charge in [0, 0.05) is 19.1 Å². The molecule has 11 nitrogen and oxygen atoms in total. The van der Waals surface area contributed by atoms with E-state index in [-0.39, 0.29) is 54.1 Å². The zero-order valence-electron chi connectivity index (χ0n) is 21.7. The number of nitrogens with zero attached hydrogens (tertiary/aromatic N) is 3. The summed E-state index contributed by atoms with van der Waals surface area (Å²) < 4.78 is 113. The Kier molecular flexibility index (Phi) is 7.38. The summed E-state index contributed by atoms with van der Waals surface area (Å²) >= 11 is 0. The highest BCUT2D eigenvalue weighted by atomic mass is 32.2. The third-order valence-electron chi connectivity index (χ3n) is 7.14. The number of methoxy groups -OCH3 is 1. The normalized spacial score (nSPS) is 26.5. The maximum Gasteiger partial charge on any atom is 0.410 e. The van der Waals surface area contributed by atoms with Crippen LogP contribution in [0, 0.1) is 5.82 Å². The van der Waals surface area contributed by atoms with E-state index in [9.17, 15) is 35.2 Å². The summed E-state index contributed by atoms with van der Waals surface area (Å²) in [4.78, 5) is 21.9. The van der Waals surface area contributed by atoms with Crippen LogP contribution in [0.4, 0.5) is 38.3 Å². The van der Waals surface area contributed by atoms with Gasteiger partial charge in [-0.2, -0.15) is 22.5 Å². The second kappa shape index (κ2) is 10.4. The highest BCUT2D eigenvalue weighted by Crippen LogP contribution is 2.53. The van der Waals surface area contributed by atoms with Crippen LogP contribution in [0.5, 0.6) is 11.6 Å². The standard InChI is InChI=1S/C24H25F5N4O7S/c1-37-19-20(32-17-4-3-15(7-16(17)25)41(2,35)36)30-11-31-21(19)39-14-5-12-9-38-10-13(6-14)33(12)22(34)40-18-8-23(26,27)24(18,28)29/h3-4,7,11-14,18H,5-6,8-10H2,1-2H3,(H,30,31,32). The Morgan fingerprint density at radius 1 is 1.15 bits per heavy atom. The Morgan fingerprint density at radius 2 is 1.83 bits per heavy atom. The number of hydrogen-bond donors (Lipinski definition) is 1. The van der Waals surface area contributed by atoms with Crippen molar-refractivity contribution in [2.45, 2.75) is 60.3 Å². The molecule has 3 unspecified atom stereocenters. The van der Waals surface area contributed by atoms with E-state index in [0.29, 0.717) is 0 Å². The largest absolute Gasteiger partial charge is 0.489 e. The Hall–Kier alpha value is -3.47. The van der Waals surface area contributed by atoms with Crippen LogP contribution in [0.1, 0.15) is 19.3 Å². The van der Waals surface area contributed by atoms with Gasteiger partial charge in [-0.1, -0.05) is 0 Å². The number of benzene rings is 1. The topological polar surface area (TPSA) is 129 Å². The number of sulfone groups is 1. The van der Waals surface area contributed by atoms with E-state index in [4.69, 9.17) is 18.9 Å². The number of anilines is 2. The van der Waals surface area contributed by atoms with Crippen LogP contribution >= 0.6 is 0 Å². The number of piperidine rings is 1. The molecule has 1 amide bonds. The number of nitrogens with one attached hydrogen (secondary N) is 1. The van der Waals surface area contributed by atoms with Crippen LogP contribution in [0.25, 0.3) is 0 Å². The number of morpholine rings is 1. The number of halogens is 5. The lowest BCUT2D eigenvalue weighted by atomic mass is 9.85. The molecule has 3 fully saturated rings. The molecule has 41 heavy (non-hydrogen) atoms. The first-order valence-electron chi connectivity index (χ1n) is 12.4. The smallest absolute Gasteiger partial charge is 0.410 e. The lowest BCUT2D eigenvalue weighted by Gasteiger charge is -2.49. The highest BCUT2D eigenvalue weighted by Gasteiger charge is 2.74. The van der Waals surface area contributed by atoms with Crippen molar-refractivity contribution in [1.82, 2.24) is 14.9 Å². The average molecular weight is 609 g/mol. The molecule has 3 aliphatic rings. The van der Waals surface area contributed by atoms with Gasteiger partial charge < -0.3 is 24.3 Å². The third-order valence-corrected chi connectivity index (χ3v) is 8.25. The molecule has 2 saturated heterocycles. The van der Waals surface area contributed by atoms with Crippen molar-refractivity contribution in [3.05, 3.63) is 30.3 Å². The summed E-state index contributed by atoms with van der Waals surface area (Å²) in [5.41, 5.74) is -0.0892. The van der Waals surface area contributed by atoms with Gasteiger partial charge in [0.05, 0.1) is 49.4 Å². The number of carbonyl (C=O) groups excluding carboxylic acids is 1. The van der Waals surface area contributed by atoms with Crippen LogP contribution < -0.4 is 14.8 Å².